The lowest BCUT2D eigenvalue weighted by molar-refractivity contribution is -0.170. The van der Waals surface area contributed by atoms with Crippen molar-refractivity contribution >= 4 is 5.97 Å². The lowest BCUT2D eigenvalue weighted by atomic mass is 9.50. The first-order valence-electron chi connectivity index (χ1n) is 11.8. The molecule has 1 fully saturated rings. The standard InChI is InChI=1S/C25H33NO8/c1-26-9-8-24-21-16-4-5-17(30-3)22(21)34-23(24)18(6-7-25(24,28)19(26)14-16)33-20(27)15-32-13-12-31-11-10-29-2/h4-6,19,23,28H,7-15H2,1-3H3/t19-,23?,24+,25-/m1/s1. The minimum atomic E-state index is -1.03. The van der Waals surface area contributed by atoms with Crippen LogP contribution in [0.3, 0.4) is 0 Å². The van der Waals surface area contributed by atoms with Crippen molar-refractivity contribution in [2.24, 2.45) is 0 Å². The number of carbonyl (C=O) groups excluding carboxylic acids is 1. The average Bonchev–Trinajstić information content (AvgIpc) is 3.18. The van der Waals surface area contributed by atoms with Crippen molar-refractivity contribution < 1.29 is 38.3 Å². The van der Waals surface area contributed by atoms with E-state index in [0.717, 1.165) is 24.1 Å². The fraction of sp³-hybridized carbons (Fsp3) is 0.640. The van der Waals surface area contributed by atoms with Crippen LogP contribution in [0.4, 0.5) is 0 Å². The predicted octanol–water partition coefficient (Wildman–Crippen LogP) is 1.20. The Labute approximate surface area is 199 Å². The maximum Gasteiger partial charge on any atom is 0.337 e. The zero-order chi connectivity index (χ0) is 23.9. The van der Waals surface area contributed by atoms with Crippen molar-refractivity contribution in [3.05, 3.63) is 35.1 Å². The van der Waals surface area contributed by atoms with E-state index in [0.29, 0.717) is 49.9 Å². The van der Waals surface area contributed by atoms with Gasteiger partial charge in [-0.15, -0.1) is 0 Å². The number of likely N-dealkylation sites (N-methyl/N-ethyl adjacent to an activating group) is 1. The lowest BCUT2D eigenvalue weighted by Gasteiger charge is -2.61. The molecule has 0 saturated carbocycles. The van der Waals surface area contributed by atoms with Crippen molar-refractivity contribution in [2.75, 3.05) is 60.8 Å². The van der Waals surface area contributed by atoms with Crippen LogP contribution in [0.5, 0.6) is 11.5 Å². The Morgan fingerprint density at radius 2 is 2.00 bits per heavy atom. The number of nitrogens with zero attached hydrogens (tertiary/aromatic N) is 1. The average molecular weight is 476 g/mol. The number of rotatable bonds is 10. The lowest BCUT2D eigenvalue weighted by Crippen LogP contribution is -2.74. The van der Waals surface area contributed by atoms with Gasteiger partial charge in [-0.05, 0) is 44.1 Å². The Hall–Kier alpha value is -2.17. The van der Waals surface area contributed by atoms with E-state index in [4.69, 9.17) is 28.4 Å². The van der Waals surface area contributed by atoms with Crippen LogP contribution in [0.25, 0.3) is 0 Å². The Bertz CT molecular complexity index is 980. The minimum Gasteiger partial charge on any atom is -0.493 e. The molecule has 2 heterocycles. The highest BCUT2D eigenvalue weighted by Gasteiger charge is 2.72. The first-order chi connectivity index (χ1) is 16.5. The molecule has 4 atom stereocenters. The number of hydrogen-bond acceptors (Lipinski definition) is 9. The summed E-state index contributed by atoms with van der Waals surface area (Å²) in [7, 11) is 5.28. The molecule has 2 aliphatic heterocycles. The number of aliphatic hydroxyl groups is 1. The van der Waals surface area contributed by atoms with Gasteiger partial charge >= 0.3 is 5.97 Å². The highest BCUT2D eigenvalue weighted by Crippen LogP contribution is 2.65. The summed E-state index contributed by atoms with van der Waals surface area (Å²) in [6.45, 7) is 2.26. The van der Waals surface area contributed by atoms with Gasteiger partial charge in [0.15, 0.2) is 17.6 Å². The third-order valence-corrected chi connectivity index (χ3v) is 7.81. The van der Waals surface area contributed by atoms with Crippen molar-refractivity contribution in [2.45, 2.75) is 42.4 Å². The second kappa shape index (κ2) is 9.13. The van der Waals surface area contributed by atoms with Gasteiger partial charge in [0.25, 0.3) is 0 Å². The quantitative estimate of drug-likeness (QED) is 0.396. The van der Waals surface area contributed by atoms with Gasteiger partial charge in [0.2, 0.25) is 0 Å². The molecule has 186 valence electrons. The third kappa shape index (κ3) is 3.45. The molecular weight excluding hydrogens is 442 g/mol. The molecule has 9 nitrogen and oxygen atoms in total. The van der Waals surface area contributed by atoms with Gasteiger partial charge in [0.1, 0.15) is 12.4 Å². The highest BCUT2D eigenvalue weighted by atomic mass is 16.6. The van der Waals surface area contributed by atoms with Crippen molar-refractivity contribution in [1.29, 1.82) is 0 Å². The van der Waals surface area contributed by atoms with E-state index >= 15 is 0 Å². The molecule has 2 bridgehead atoms. The van der Waals surface area contributed by atoms with E-state index in [2.05, 4.69) is 18.0 Å². The van der Waals surface area contributed by atoms with E-state index in [9.17, 15) is 9.90 Å². The van der Waals surface area contributed by atoms with Gasteiger partial charge in [-0.2, -0.15) is 0 Å². The molecule has 1 aromatic rings. The molecule has 4 aliphatic rings. The fourth-order valence-corrected chi connectivity index (χ4v) is 6.27. The van der Waals surface area contributed by atoms with Gasteiger partial charge in [-0.1, -0.05) is 6.07 Å². The molecule has 1 unspecified atom stereocenters. The first-order valence-corrected chi connectivity index (χ1v) is 11.8. The maximum atomic E-state index is 12.6. The zero-order valence-electron chi connectivity index (χ0n) is 20.0. The molecule has 0 radical (unpaired) electrons. The van der Waals surface area contributed by atoms with Crippen molar-refractivity contribution in [3.8, 4) is 11.5 Å². The molecule has 0 amide bonds. The summed E-state index contributed by atoms with van der Waals surface area (Å²) in [6, 6.07) is 3.94. The number of hydrogen-bond donors (Lipinski definition) is 1. The highest BCUT2D eigenvalue weighted by molar-refractivity contribution is 5.73. The molecule has 34 heavy (non-hydrogen) atoms. The molecule has 1 spiro atoms. The monoisotopic (exact) mass is 475 g/mol. The van der Waals surface area contributed by atoms with Gasteiger partial charge in [0.05, 0.1) is 44.6 Å². The Morgan fingerprint density at radius 1 is 1.21 bits per heavy atom. The number of piperidine rings is 1. The summed E-state index contributed by atoms with van der Waals surface area (Å²) in [5, 5.41) is 12.2. The van der Waals surface area contributed by atoms with Gasteiger partial charge in [-0.25, -0.2) is 4.79 Å². The second-order valence-electron chi connectivity index (χ2n) is 9.42. The van der Waals surface area contributed by atoms with E-state index in [1.807, 2.05) is 12.1 Å². The number of esters is 1. The third-order valence-electron chi connectivity index (χ3n) is 7.81. The summed E-state index contributed by atoms with van der Waals surface area (Å²) >= 11 is 0. The van der Waals surface area contributed by atoms with Crippen LogP contribution in [-0.2, 0) is 35.6 Å². The maximum absolute atomic E-state index is 12.6. The molecule has 1 N–H and O–H groups in total. The van der Waals surface area contributed by atoms with Crippen molar-refractivity contribution in [3.63, 3.8) is 0 Å². The summed E-state index contributed by atoms with van der Waals surface area (Å²) in [5.41, 5.74) is 0.447. The second-order valence-corrected chi connectivity index (χ2v) is 9.42. The number of methoxy groups -OCH3 is 2. The van der Waals surface area contributed by atoms with E-state index < -0.39 is 23.1 Å². The normalized spacial score (nSPS) is 30.9. The molecule has 1 aromatic carbocycles. The molecule has 9 heteroatoms. The summed E-state index contributed by atoms with van der Waals surface area (Å²) in [6.07, 6.45) is 3.02. The van der Waals surface area contributed by atoms with E-state index in [1.165, 1.54) is 0 Å². The number of carbonyl (C=O) groups is 1. The number of benzene rings is 1. The van der Waals surface area contributed by atoms with Crippen LogP contribution in [0.1, 0.15) is 24.0 Å². The summed E-state index contributed by atoms with van der Waals surface area (Å²) < 4.78 is 33.5. The Morgan fingerprint density at radius 3 is 2.79 bits per heavy atom. The largest absolute Gasteiger partial charge is 0.493 e. The fourth-order valence-electron chi connectivity index (χ4n) is 6.27. The van der Waals surface area contributed by atoms with Gasteiger partial charge in [0, 0.05) is 25.1 Å². The molecule has 2 aliphatic carbocycles. The molecule has 0 aromatic heterocycles. The van der Waals surface area contributed by atoms with Crippen molar-refractivity contribution in [1.82, 2.24) is 4.90 Å². The molecular formula is C25H33NO8. The SMILES string of the molecule is COCCOCCOCC(=O)OC1=CC[C@@]2(O)[C@H]3Cc4ccc(OC)c5c4[C@@]2(CCN3C)C1O5. The molecule has 5 rings (SSSR count). The number of likely N-dealkylation sites (tertiary alicyclic amines) is 1. The van der Waals surface area contributed by atoms with Crippen LogP contribution < -0.4 is 9.47 Å². The van der Waals surface area contributed by atoms with Crippen LogP contribution in [0.2, 0.25) is 0 Å². The van der Waals surface area contributed by atoms with E-state index in [-0.39, 0.29) is 19.3 Å². The minimum absolute atomic E-state index is 0.0471. The first kappa shape index (κ1) is 23.6. The van der Waals surface area contributed by atoms with Crippen LogP contribution >= 0.6 is 0 Å². The Balaban J connectivity index is 1.36. The summed E-state index contributed by atoms with van der Waals surface area (Å²) in [5.74, 6) is 1.21. The predicted molar refractivity (Wildman–Crippen MR) is 121 cm³/mol. The van der Waals surface area contributed by atoms with E-state index in [1.54, 1.807) is 14.2 Å². The molecule has 1 saturated heterocycles. The zero-order valence-corrected chi connectivity index (χ0v) is 20.0. The van der Waals surface area contributed by atoms with Gasteiger partial charge < -0.3 is 38.4 Å². The van der Waals surface area contributed by atoms with Crippen LogP contribution in [0, 0.1) is 0 Å². The smallest absolute Gasteiger partial charge is 0.337 e. The number of ether oxygens (including phenoxy) is 6. The van der Waals surface area contributed by atoms with Crippen LogP contribution in [0.15, 0.2) is 24.0 Å². The Kier molecular flexibility index (Phi) is 6.32. The van der Waals surface area contributed by atoms with Crippen LogP contribution in [-0.4, -0.2) is 94.6 Å². The summed E-state index contributed by atoms with van der Waals surface area (Å²) in [4.78, 5) is 14.8. The van der Waals surface area contributed by atoms with Gasteiger partial charge in [-0.3, -0.25) is 0 Å². The topological polar surface area (TPSA) is 95.9 Å².